The first-order valence-corrected chi connectivity index (χ1v) is 30.2. The molecule has 2 aliphatic heterocycles. The number of aromatic nitrogens is 6. The predicted molar refractivity (Wildman–Crippen MR) is 338 cm³/mol. The number of piperazine rings is 2. The molecule has 4 atom stereocenters. The minimum absolute atomic E-state index is 0.0136. The van der Waals surface area contributed by atoms with Gasteiger partial charge in [-0.1, -0.05) is 83.3 Å². The van der Waals surface area contributed by atoms with Gasteiger partial charge in [0.05, 0.1) is 53.6 Å². The van der Waals surface area contributed by atoms with Gasteiger partial charge in [-0.05, 0) is 169 Å². The number of pyridine rings is 2. The van der Waals surface area contributed by atoms with E-state index in [1.54, 1.807) is 35.5 Å². The fraction of sp³-hybridized carbons (Fsp3) is 0.269. The third-order valence-electron chi connectivity index (χ3n) is 16.5. The van der Waals surface area contributed by atoms with Crippen molar-refractivity contribution < 1.29 is 14.4 Å². The van der Waals surface area contributed by atoms with Crippen molar-refractivity contribution in [1.82, 2.24) is 49.1 Å². The van der Waals surface area contributed by atoms with E-state index in [-0.39, 0.29) is 36.0 Å². The van der Waals surface area contributed by atoms with Crippen LogP contribution in [0.2, 0.25) is 15.1 Å². The summed E-state index contributed by atoms with van der Waals surface area (Å²) >= 11 is 18.9. The Morgan fingerprint density at radius 3 is 1.59 bits per heavy atom. The Hall–Kier alpha value is -8.22. The van der Waals surface area contributed by atoms with Gasteiger partial charge in [-0.2, -0.15) is 0 Å². The summed E-state index contributed by atoms with van der Waals surface area (Å²) in [6.07, 6.45) is 14.8. The first-order chi connectivity index (χ1) is 41.8. The van der Waals surface area contributed by atoms with E-state index in [0.717, 1.165) is 88.9 Å². The molecule has 16 nitrogen and oxygen atoms in total. The average molecular weight is 1210 g/mol. The Morgan fingerprint density at radius 1 is 0.523 bits per heavy atom. The number of aryl methyl sites for hydroxylation is 6. The van der Waals surface area contributed by atoms with Crippen molar-refractivity contribution in [3.8, 4) is 0 Å². The van der Waals surface area contributed by atoms with Gasteiger partial charge in [0.1, 0.15) is 6.04 Å². The number of imidazole rings is 2. The topological polar surface area (TPSA) is 170 Å². The summed E-state index contributed by atoms with van der Waals surface area (Å²) in [5, 5.41) is 14.7. The molecule has 9 aromatic rings. The monoisotopic (exact) mass is 1210 g/mol. The van der Waals surface area contributed by atoms with Crippen LogP contribution < -0.4 is 21.3 Å². The van der Waals surface area contributed by atoms with Gasteiger partial charge >= 0.3 is 6.03 Å². The van der Waals surface area contributed by atoms with E-state index in [1.165, 1.54) is 27.8 Å². The lowest BCUT2D eigenvalue weighted by Gasteiger charge is -2.43. The molecule has 6 heterocycles. The van der Waals surface area contributed by atoms with E-state index in [9.17, 15) is 14.4 Å². The predicted octanol–water partition coefficient (Wildman–Crippen LogP) is 11.4. The quantitative estimate of drug-likeness (QED) is 0.0977. The molecule has 13 rings (SSSR count). The summed E-state index contributed by atoms with van der Waals surface area (Å²) in [5.41, 5.74) is 15.4. The molecule has 4 aromatic heterocycles. The third-order valence-corrected chi connectivity index (χ3v) is 17.2. The number of nitrogens with one attached hydrogen (secondary N) is 4. The van der Waals surface area contributed by atoms with Crippen LogP contribution in [0.1, 0.15) is 79.4 Å². The first kappa shape index (κ1) is 58.2. The van der Waals surface area contributed by atoms with E-state index in [1.807, 2.05) is 127 Å². The molecule has 5 aromatic carbocycles. The Labute approximate surface area is 515 Å². The second kappa shape index (κ2) is 26.2. The van der Waals surface area contributed by atoms with Crippen LogP contribution in [-0.4, -0.2) is 113 Å². The van der Waals surface area contributed by atoms with Crippen LogP contribution in [0.25, 0.3) is 0 Å². The Kier molecular flexibility index (Phi) is 17.7. The number of halogens is 3. The molecule has 2 saturated heterocycles. The molecular formula is C67H66Cl3N13O3. The van der Waals surface area contributed by atoms with Crippen LogP contribution in [0.5, 0.6) is 0 Å². The van der Waals surface area contributed by atoms with E-state index >= 15 is 0 Å². The standard InChI is InChI=1S/C37H35Cl2N7O2.C30H31ClN6O/c1-24-20-44(23-41-24)21-25-4-2-6-31(18-25)42-36(47)33-22-45(16-17-46(33)37(48)43-30-12-9-28(38)10-13-30)35-32-14-11-29(39)19-27(32)8-7-26-5-3-15-40-34(26)35;1-20-16-36(19-34-20)17-21-4-2-6-25(14-21)35-30(38)27-18-37(13-12-32-27)29-26-10-9-24(31)15-23(26)8-7-22-5-3-11-33-28(22)29/h2-6,9-15,18-20,23,33,35H,7-8,16-17,21-22H2,1H3,(H,42,47)(H,43,48);2-6,9-11,14-16,19,27,29,32H,7-8,12-13,17-18H2,1H3,(H,35,38). The highest BCUT2D eigenvalue weighted by Gasteiger charge is 2.41. The van der Waals surface area contributed by atoms with Gasteiger partial charge in [-0.15, -0.1) is 0 Å². The summed E-state index contributed by atoms with van der Waals surface area (Å²) in [6, 6.07) is 41.5. The Balaban J connectivity index is 0.000000173. The SMILES string of the molecule is Cc1cn(Cc2cccc(NC(=O)C3CN(C4c5ccc(Cl)cc5CCc5cccnc54)CCN3)c2)cn1.Cc1cn(Cc2cccc(NC(=O)C3CN(C4c5ccc(Cl)cc5CCc5cccnc54)CCN3C(=O)Nc3ccc(Cl)cc3)c2)cn1. The van der Waals surface area contributed by atoms with Crippen molar-refractivity contribution in [2.24, 2.45) is 0 Å². The fourth-order valence-electron chi connectivity index (χ4n) is 12.4. The van der Waals surface area contributed by atoms with Crippen molar-refractivity contribution in [1.29, 1.82) is 0 Å². The molecule has 4 unspecified atom stereocenters. The van der Waals surface area contributed by atoms with Gasteiger partial charge in [0, 0.05) is 109 Å². The summed E-state index contributed by atoms with van der Waals surface area (Å²) < 4.78 is 4.04. The first-order valence-electron chi connectivity index (χ1n) is 29.1. The number of anilines is 3. The zero-order valence-electron chi connectivity index (χ0n) is 47.8. The summed E-state index contributed by atoms with van der Waals surface area (Å²) in [5.74, 6) is -0.302. The third kappa shape index (κ3) is 13.6. The maximum atomic E-state index is 14.3. The molecule has 0 radical (unpaired) electrons. The van der Waals surface area contributed by atoms with Crippen LogP contribution in [0, 0.1) is 13.8 Å². The lowest BCUT2D eigenvalue weighted by Crippen LogP contribution is -2.61. The smallest absolute Gasteiger partial charge is 0.322 e. The van der Waals surface area contributed by atoms with Crippen LogP contribution in [0.3, 0.4) is 0 Å². The summed E-state index contributed by atoms with van der Waals surface area (Å²) in [6.45, 7) is 8.56. The Bertz CT molecular complexity index is 3930. The van der Waals surface area contributed by atoms with E-state index in [4.69, 9.17) is 44.8 Å². The van der Waals surface area contributed by atoms with E-state index in [2.05, 4.69) is 77.4 Å². The largest absolute Gasteiger partial charge is 0.333 e. The highest BCUT2D eigenvalue weighted by atomic mass is 35.5. The molecule has 2 fully saturated rings. The number of amides is 4. The lowest BCUT2D eigenvalue weighted by atomic mass is 9.95. The van der Waals surface area contributed by atoms with Crippen molar-refractivity contribution in [2.75, 3.05) is 55.2 Å². The van der Waals surface area contributed by atoms with E-state index < -0.39 is 6.04 Å². The number of carbonyl (C=O) groups excluding carboxylic acids is 3. The molecule has 0 bridgehead atoms. The lowest BCUT2D eigenvalue weighted by molar-refractivity contribution is -0.122. The highest BCUT2D eigenvalue weighted by Crippen LogP contribution is 2.40. The number of nitrogens with zero attached hydrogens (tertiary/aromatic N) is 9. The van der Waals surface area contributed by atoms with Crippen molar-refractivity contribution in [3.05, 3.63) is 253 Å². The molecule has 19 heteroatoms. The number of hydrogen-bond acceptors (Lipinski definition) is 10. The highest BCUT2D eigenvalue weighted by molar-refractivity contribution is 6.31. The van der Waals surface area contributed by atoms with Crippen molar-refractivity contribution >= 4 is 69.7 Å². The van der Waals surface area contributed by atoms with Crippen molar-refractivity contribution in [2.45, 2.75) is 76.8 Å². The Morgan fingerprint density at radius 2 is 1.05 bits per heavy atom. The van der Waals surface area contributed by atoms with Crippen LogP contribution in [0.4, 0.5) is 21.9 Å². The number of rotatable bonds is 11. The van der Waals surface area contributed by atoms with Crippen molar-refractivity contribution in [3.63, 3.8) is 0 Å². The van der Waals surface area contributed by atoms with E-state index in [0.29, 0.717) is 60.7 Å². The molecule has 438 valence electrons. The zero-order chi connectivity index (χ0) is 59.3. The summed E-state index contributed by atoms with van der Waals surface area (Å²) in [4.78, 5) is 66.1. The van der Waals surface area contributed by atoms with Gasteiger partial charge in [-0.25, -0.2) is 14.8 Å². The molecular weight excluding hydrogens is 1140 g/mol. The summed E-state index contributed by atoms with van der Waals surface area (Å²) in [7, 11) is 0. The van der Waals surface area contributed by atoms with Crippen LogP contribution in [-0.2, 0) is 48.4 Å². The van der Waals surface area contributed by atoms with Gasteiger partial charge in [-0.3, -0.25) is 29.4 Å². The molecule has 4 N–H and O–H groups in total. The minimum Gasteiger partial charge on any atom is -0.333 e. The maximum Gasteiger partial charge on any atom is 0.322 e. The molecule has 0 saturated carbocycles. The second-order valence-electron chi connectivity index (χ2n) is 22.5. The number of fused-ring (bicyclic) bond motifs is 4. The van der Waals surface area contributed by atoms with Crippen LogP contribution in [0.15, 0.2) is 171 Å². The second-order valence-corrected chi connectivity index (χ2v) is 23.8. The molecule has 86 heavy (non-hydrogen) atoms. The molecule has 4 amide bonds. The number of carbonyl (C=O) groups is 3. The molecule has 2 aliphatic carbocycles. The van der Waals surface area contributed by atoms with Gasteiger partial charge < -0.3 is 35.3 Å². The fourth-order valence-corrected chi connectivity index (χ4v) is 12.9. The number of hydrogen-bond donors (Lipinski definition) is 4. The number of benzene rings is 5. The maximum absolute atomic E-state index is 14.3. The van der Waals surface area contributed by atoms with Crippen LogP contribution >= 0.6 is 34.8 Å². The van der Waals surface area contributed by atoms with Gasteiger partial charge in [0.25, 0.3) is 0 Å². The minimum atomic E-state index is -0.794. The molecule has 0 spiro atoms. The normalized spacial score (nSPS) is 18.4. The van der Waals surface area contributed by atoms with Gasteiger partial charge in [0.15, 0.2) is 0 Å². The average Bonchev–Trinajstić information content (AvgIpc) is 2.02. The molecule has 4 aliphatic rings. The number of urea groups is 1. The zero-order valence-corrected chi connectivity index (χ0v) is 50.1. The van der Waals surface area contributed by atoms with Gasteiger partial charge in [0.2, 0.25) is 11.8 Å².